The Kier molecular flexibility index (Phi) is 3.01. The Balaban J connectivity index is 1.58. The number of amides is 1. The number of rotatable bonds is 3. The van der Waals surface area contributed by atoms with Crippen molar-refractivity contribution in [3.63, 3.8) is 0 Å². The number of carbonyl (C=O) groups is 1. The van der Waals surface area contributed by atoms with E-state index in [1.807, 2.05) is 18.2 Å². The number of ether oxygens (including phenoxy) is 2. The molecule has 112 valence electrons. The zero-order chi connectivity index (χ0) is 15.2. The van der Waals surface area contributed by atoms with Gasteiger partial charge in [0.2, 0.25) is 12.7 Å². The van der Waals surface area contributed by atoms with Crippen molar-refractivity contribution in [2.75, 3.05) is 12.1 Å². The fourth-order valence-electron chi connectivity index (χ4n) is 2.75. The summed E-state index contributed by atoms with van der Waals surface area (Å²) in [4.78, 5) is 12.7. The van der Waals surface area contributed by atoms with Crippen molar-refractivity contribution in [2.24, 2.45) is 0 Å². The van der Waals surface area contributed by atoms with Crippen molar-refractivity contribution in [3.8, 4) is 11.5 Å². The molecule has 1 saturated carbocycles. The monoisotopic (exact) mass is 315 g/mol. The van der Waals surface area contributed by atoms with Crippen LogP contribution in [-0.2, 0) is 10.2 Å². The molecule has 4 rings (SSSR count). The summed E-state index contributed by atoms with van der Waals surface area (Å²) in [6.45, 7) is 0.239. The van der Waals surface area contributed by atoms with Gasteiger partial charge >= 0.3 is 0 Å². The molecule has 5 heteroatoms. The molecule has 2 aromatic rings. The fraction of sp³-hybridized carbons (Fsp3) is 0.235. The van der Waals surface area contributed by atoms with Gasteiger partial charge in [0, 0.05) is 10.7 Å². The molecule has 2 aromatic carbocycles. The lowest BCUT2D eigenvalue weighted by molar-refractivity contribution is -0.118. The molecular formula is C17H14ClNO3. The standard InChI is InChI=1S/C17H14ClNO3/c18-12-2-4-13(5-3-12)19-16(20)17(7-8-17)11-1-6-14-15(9-11)22-10-21-14/h1-6,9H,7-8,10H2,(H,19,20). The number of fused-ring (bicyclic) bond motifs is 1. The number of halogens is 1. The molecule has 4 nitrogen and oxygen atoms in total. The first kappa shape index (κ1) is 13.5. The predicted octanol–water partition coefficient (Wildman–Crippen LogP) is 3.74. The van der Waals surface area contributed by atoms with E-state index >= 15 is 0 Å². The summed E-state index contributed by atoms with van der Waals surface area (Å²) in [5.74, 6) is 1.45. The van der Waals surface area contributed by atoms with E-state index in [0.717, 1.165) is 29.8 Å². The summed E-state index contributed by atoms with van der Waals surface area (Å²) < 4.78 is 10.7. The number of benzene rings is 2. The molecule has 0 saturated heterocycles. The summed E-state index contributed by atoms with van der Waals surface area (Å²) in [5.41, 5.74) is 1.27. The number of hydrogen-bond acceptors (Lipinski definition) is 3. The Hall–Kier alpha value is -2.20. The number of nitrogens with one attached hydrogen (secondary N) is 1. The quantitative estimate of drug-likeness (QED) is 0.938. The highest BCUT2D eigenvalue weighted by atomic mass is 35.5. The van der Waals surface area contributed by atoms with Crippen LogP contribution in [0.15, 0.2) is 42.5 Å². The Morgan fingerprint density at radius 1 is 1.05 bits per heavy atom. The molecule has 0 bridgehead atoms. The van der Waals surface area contributed by atoms with Gasteiger partial charge in [0.1, 0.15) is 0 Å². The molecule has 22 heavy (non-hydrogen) atoms. The van der Waals surface area contributed by atoms with Crippen molar-refractivity contribution in [1.82, 2.24) is 0 Å². The van der Waals surface area contributed by atoms with E-state index in [-0.39, 0.29) is 12.7 Å². The van der Waals surface area contributed by atoms with E-state index in [1.54, 1.807) is 24.3 Å². The van der Waals surface area contributed by atoms with Gasteiger partial charge in [-0.3, -0.25) is 4.79 Å². The number of anilines is 1. The number of hydrogen-bond donors (Lipinski definition) is 1. The van der Waals surface area contributed by atoms with Gasteiger partial charge in [0.25, 0.3) is 0 Å². The van der Waals surface area contributed by atoms with E-state index in [1.165, 1.54) is 0 Å². The summed E-state index contributed by atoms with van der Waals surface area (Å²) in [6, 6.07) is 12.9. The fourth-order valence-corrected chi connectivity index (χ4v) is 2.88. The second-order valence-electron chi connectivity index (χ2n) is 5.61. The molecule has 1 heterocycles. The van der Waals surface area contributed by atoms with Crippen LogP contribution in [0.25, 0.3) is 0 Å². The third kappa shape index (κ3) is 2.20. The van der Waals surface area contributed by atoms with Crippen molar-refractivity contribution < 1.29 is 14.3 Å². The minimum atomic E-state index is -0.458. The molecular weight excluding hydrogens is 302 g/mol. The van der Waals surface area contributed by atoms with Crippen molar-refractivity contribution in [2.45, 2.75) is 18.3 Å². The molecule has 1 aliphatic carbocycles. The van der Waals surface area contributed by atoms with Crippen molar-refractivity contribution in [1.29, 1.82) is 0 Å². The van der Waals surface area contributed by atoms with Gasteiger partial charge in [0.05, 0.1) is 5.41 Å². The van der Waals surface area contributed by atoms with Crippen LogP contribution in [0.1, 0.15) is 18.4 Å². The van der Waals surface area contributed by atoms with Crippen LogP contribution in [0.4, 0.5) is 5.69 Å². The lowest BCUT2D eigenvalue weighted by atomic mass is 9.94. The minimum Gasteiger partial charge on any atom is -0.454 e. The highest BCUT2D eigenvalue weighted by Crippen LogP contribution is 2.51. The van der Waals surface area contributed by atoms with Crippen LogP contribution < -0.4 is 14.8 Å². The van der Waals surface area contributed by atoms with E-state index in [9.17, 15) is 4.79 Å². The van der Waals surface area contributed by atoms with E-state index in [4.69, 9.17) is 21.1 Å². The van der Waals surface area contributed by atoms with Gasteiger partial charge < -0.3 is 14.8 Å². The lowest BCUT2D eigenvalue weighted by Gasteiger charge is -2.16. The zero-order valence-electron chi connectivity index (χ0n) is 11.8. The zero-order valence-corrected chi connectivity index (χ0v) is 12.5. The van der Waals surface area contributed by atoms with Crippen LogP contribution in [-0.4, -0.2) is 12.7 Å². The van der Waals surface area contributed by atoms with Gasteiger partial charge in [-0.25, -0.2) is 0 Å². The normalized spacial score (nSPS) is 17.1. The molecule has 2 aliphatic rings. The Morgan fingerprint density at radius 3 is 2.50 bits per heavy atom. The van der Waals surface area contributed by atoms with Gasteiger partial charge in [-0.15, -0.1) is 0 Å². The maximum atomic E-state index is 12.7. The smallest absolute Gasteiger partial charge is 0.235 e. The molecule has 1 amide bonds. The topological polar surface area (TPSA) is 47.6 Å². The summed E-state index contributed by atoms with van der Waals surface area (Å²) in [7, 11) is 0. The van der Waals surface area contributed by atoms with Gasteiger partial charge in [-0.2, -0.15) is 0 Å². The molecule has 0 aromatic heterocycles. The summed E-state index contributed by atoms with van der Waals surface area (Å²) >= 11 is 5.86. The predicted molar refractivity (Wildman–Crippen MR) is 83.6 cm³/mol. The molecule has 0 unspecified atom stereocenters. The maximum absolute atomic E-state index is 12.7. The highest BCUT2D eigenvalue weighted by molar-refractivity contribution is 6.30. The van der Waals surface area contributed by atoms with E-state index in [2.05, 4.69) is 5.32 Å². The summed E-state index contributed by atoms with van der Waals surface area (Å²) in [5, 5.41) is 3.62. The SMILES string of the molecule is O=C(Nc1ccc(Cl)cc1)C1(c2ccc3c(c2)OCO3)CC1. The van der Waals surface area contributed by atoms with Crippen molar-refractivity contribution >= 4 is 23.2 Å². The maximum Gasteiger partial charge on any atom is 0.235 e. The lowest BCUT2D eigenvalue weighted by Crippen LogP contribution is -2.27. The summed E-state index contributed by atoms with van der Waals surface area (Å²) in [6.07, 6.45) is 1.68. The second-order valence-corrected chi connectivity index (χ2v) is 6.05. The molecule has 0 radical (unpaired) electrons. The Morgan fingerprint density at radius 2 is 1.77 bits per heavy atom. The first-order valence-corrected chi connectivity index (χ1v) is 7.52. The molecule has 1 fully saturated rings. The van der Waals surface area contributed by atoms with Crippen LogP contribution in [0.2, 0.25) is 5.02 Å². The average Bonchev–Trinajstić information content (AvgIpc) is 3.21. The van der Waals surface area contributed by atoms with E-state index in [0.29, 0.717) is 10.8 Å². The second kappa shape index (κ2) is 4.92. The Labute approximate surface area is 133 Å². The largest absolute Gasteiger partial charge is 0.454 e. The molecule has 0 spiro atoms. The van der Waals surface area contributed by atoms with Crippen molar-refractivity contribution in [3.05, 3.63) is 53.1 Å². The first-order valence-electron chi connectivity index (χ1n) is 7.15. The molecule has 1 aliphatic heterocycles. The number of carbonyl (C=O) groups excluding carboxylic acids is 1. The van der Waals surface area contributed by atoms with Gasteiger partial charge in [0.15, 0.2) is 11.5 Å². The van der Waals surface area contributed by atoms with Gasteiger partial charge in [-0.1, -0.05) is 17.7 Å². The Bertz CT molecular complexity index is 738. The molecule has 0 atom stereocenters. The molecule has 1 N–H and O–H groups in total. The van der Waals surface area contributed by atoms with Crippen LogP contribution in [0, 0.1) is 0 Å². The third-order valence-electron chi connectivity index (χ3n) is 4.21. The third-order valence-corrected chi connectivity index (χ3v) is 4.46. The van der Waals surface area contributed by atoms with Gasteiger partial charge in [-0.05, 0) is 54.8 Å². The van der Waals surface area contributed by atoms with Crippen LogP contribution in [0.3, 0.4) is 0 Å². The van der Waals surface area contributed by atoms with Crippen LogP contribution >= 0.6 is 11.6 Å². The minimum absolute atomic E-state index is 0.00804. The first-order chi connectivity index (χ1) is 10.7. The average molecular weight is 316 g/mol. The highest BCUT2D eigenvalue weighted by Gasteiger charge is 2.51. The van der Waals surface area contributed by atoms with Crippen LogP contribution in [0.5, 0.6) is 11.5 Å². The van der Waals surface area contributed by atoms with E-state index < -0.39 is 5.41 Å².